The van der Waals surface area contributed by atoms with Gasteiger partial charge in [-0.2, -0.15) is 0 Å². The highest BCUT2D eigenvalue weighted by molar-refractivity contribution is 7.18. The van der Waals surface area contributed by atoms with E-state index in [1.165, 1.54) is 11.1 Å². The van der Waals surface area contributed by atoms with Crippen LogP contribution < -0.4 is 5.32 Å². The SMILES string of the molecule is O=C(COC(=O)CCCc1nc2ccccc2s1)N[C@H]1CCCc2ccccc21. The number of hydrogen-bond acceptors (Lipinski definition) is 5. The minimum Gasteiger partial charge on any atom is -0.456 e. The zero-order chi connectivity index (χ0) is 20.1. The molecular weight excluding hydrogens is 384 g/mol. The Morgan fingerprint density at radius 1 is 1.14 bits per heavy atom. The number of thiazole rings is 1. The zero-order valence-electron chi connectivity index (χ0n) is 16.2. The van der Waals surface area contributed by atoms with Gasteiger partial charge in [0.25, 0.3) is 5.91 Å². The van der Waals surface area contributed by atoms with Gasteiger partial charge in [0, 0.05) is 6.42 Å². The Kier molecular flexibility index (Phi) is 6.20. The van der Waals surface area contributed by atoms with Gasteiger partial charge in [-0.25, -0.2) is 4.98 Å². The van der Waals surface area contributed by atoms with E-state index >= 15 is 0 Å². The van der Waals surface area contributed by atoms with Crippen LogP contribution in [0.4, 0.5) is 0 Å². The summed E-state index contributed by atoms with van der Waals surface area (Å²) in [5.74, 6) is -0.587. The largest absolute Gasteiger partial charge is 0.456 e. The van der Waals surface area contributed by atoms with Crippen LogP contribution >= 0.6 is 11.3 Å². The van der Waals surface area contributed by atoms with Crippen molar-refractivity contribution in [3.05, 3.63) is 64.7 Å². The number of aryl methyl sites for hydroxylation is 2. The van der Waals surface area contributed by atoms with Crippen LogP contribution in [-0.4, -0.2) is 23.5 Å². The summed E-state index contributed by atoms with van der Waals surface area (Å²) in [6, 6.07) is 16.2. The van der Waals surface area contributed by atoms with Gasteiger partial charge in [0.15, 0.2) is 6.61 Å². The number of nitrogens with zero attached hydrogens (tertiary/aromatic N) is 1. The van der Waals surface area contributed by atoms with Gasteiger partial charge in [0.05, 0.1) is 21.3 Å². The van der Waals surface area contributed by atoms with Crippen molar-refractivity contribution in [2.24, 2.45) is 0 Å². The van der Waals surface area contributed by atoms with Crippen LogP contribution in [0.15, 0.2) is 48.5 Å². The molecule has 6 heteroatoms. The molecule has 0 saturated heterocycles. The second-order valence-corrected chi connectivity index (χ2v) is 8.42. The molecule has 4 rings (SSSR count). The molecule has 3 aromatic rings. The van der Waals surface area contributed by atoms with Gasteiger partial charge in [-0.1, -0.05) is 36.4 Å². The first-order valence-corrected chi connectivity index (χ1v) is 10.9. The molecule has 0 aliphatic heterocycles. The molecule has 2 aromatic carbocycles. The lowest BCUT2D eigenvalue weighted by Gasteiger charge is -2.26. The van der Waals surface area contributed by atoms with Crippen molar-refractivity contribution in [1.29, 1.82) is 0 Å². The molecule has 0 radical (unpaired) electrons. The lowest BCUT2D eigenvalue weighted by molar-refractivity contribution is -0.148. The van der Waals surface area contributed by atoms with Crippen molar-refractivity contribution < 1.29 is 14.3 Å². The van der Waals surface area contributed by atoms with Crippen molar-refractivity contribution >= 4 is 33.4 Å². The maximum atomic E-state index is 12.2. The molecule has 1 atom stereocenters. The van der Waals surface area contributed by atoms with E-state index in [2.05, 4.69) is 22.4 Å². The summed E-state index contributed by atoms with van der Waals surface area (Å²) in [4.78, 5) is 28.8. The quantitative estimate of drug-likeness (QED) is 0.590. The number of esters is 1. The van der Waals surface area contributed by atoms with Crippen LogP contribution in [0.1, 0.15) is 47.9 Å². The van der Waals surface area contributed by atoms with Crippen molar-refractivity contribution in [2.75, 3.05) is 6.61 Å². The van der Waals surface area contributed by atoms with Gasteiger partial charge in [-0.05, 0) is 55.4 Å². The summed E-state index contributed by atoms with van der Waals surface area (Å²) in [5, 5.41) is 4.02. The fourth-order valence-electron chi connectivity index (χ4n) is 3.77. The smallest absolute Gasteiger partial charge is 0.306 e. The van der Waals surface area contributed by atoms with E-state index in [9.17, 15) is 9.59 Å². The van der Waals surface area contributed by atoms with E-state index in [4.69, 9.17) is 4.74 Å². The molecule has 150 valence electrons. The van der Waals surface area contributed by atoms with Crippen LogP contribution in [0.25, 0.3) is 10.2 Å². The average molecular weight is 409 g/mol. The summed E-state index contributed by atoms with van der Waals surface area (Å²) >= 11 is 1.65. The molecule has 1 amide bonds. The number of amides is 1. The minimum absolute atomic E-state index is 0.00480. The molecule has 5 nitrogen and oxygen atoms in total. The normalized spacial score (nSPS) is 15.7. The Balaban J connectivity index is 1.19. The topological polar surface area (TPSA) is 68.3 Å². The van der Waals surface area contributed by atoms with Crippen molar-refractivity contribution in [3.8, 4) is 0 Å². The highest BCUT2D eigenvalue weighted by atomic mass is 32.1. The predicted molar refractivity (Wildman–Crippen MR) is 114 cm³/mol. The molecule has 0 fully saturated rings. The van der Waals surface area contributed by atoms with E-state index in [0.29, 0.717) is 6.42 Å². The first-order valence-electron chi connectivity index (χ1n) is 10.1. The molecule has 1 aliphatic rings. The summed E-state index contributed by atoms with van der Waals surface area (Å²) in [6.07, 6.45) is 4.70. The minimum atomic E-state index is -0.342. The Bertz CT molecular complexity index is 981. The maximum Gasteiger partial charge on any atom is 0.306 e. The van der Waals surface area contributed by atoms with E-state index in [1.807, 2.05) is 36.4 Å². The molecule has 1 aliphatic carbocycles. The molecule has 0 bridgehead atoms. The number of nitrogens with one attached hydrogen (secondary N) is 1. The van der Waals surface area contributed by atoms with E-state index in [-0.39, 0.29) is 30.9 Å². The van der Waals surface area contributed by atoms with Crippen molar-refractivity contribution in [1.82, 2.24) is 10.3 Å². The van der Waals surface area contributed by atoms with E-state index in [0.717, 1.165) is 40.9 Å². The number of carbonyl (C=O) groups is 2. The Morgan fingerprint density at radius 3 is 2.86 bits per heavy atom. The Morgan fingerprint density at radius 2 is 1.97 bits per heavy atom. The number of carbonyl (C=O) groups excluding carboxylic acids is 2. The number of benzene rings is 2. The molecule has 0 unspecified atom stereocenters. The number of aromatic nitrogens is 1. The van der Waals surface area contributed by atoms with Gasteiger partial charge in [0.2, 0.25) is 0 Å². The molecule has 1 N–H and O–H groups in total. The Hall–Kier alpha value is -2.73. The second-order valence-electron chi connectivity index (χ2n) is 7.30. The van der Waals surface area contributed by atoms with Crippen LogP contribution in [-0.2, 0) is 27.2 Å². The molecule has 29 heavy (non-hydrogen) atoms. The van der Waals surface area contributed by atoms with E-state index < -0.39 is 0 Å². The Labute approximate surface area is 174 Å². The van der Waals surface area contributed by atoms with Gasteiger partial charge in [-0.15, -0.1) is 11.3 Å². The van der Waals surface area contributed by atoms with Crippen LogP contribution in [0, 0.1) is 0 Å². The van der Waals surface area contributed by atoms with Crippen LogP contribution in [0.2, 0.25) is 0 Å². The molecule has 1 heterocycles. The maximum absolute atomic E-state index is 12.2. The highest BCUT2D eigenvalue weighted by Crippen LogP contribution is 2.29. The van der Waals surface area contributed by atoms with Gasteiger partial charge < -0.3 is 10.1 Å². The van der Waals surface area contributed by atoms with Gasteiger partial charge in [0.1, 0.15) is 0 Å². The summed E-state index contributed by atoms with van der Waals surface area (Å²) in [5.41, 5.74) is 3.46. The van der Waals surface area contributed by atoms with Crippen LogP contribution in [0.5, 0.6) is 0 Å². The second kappa shape index (κ2) is 9.18. The monoisotopic (exact) mass is 408 g/mol. The average Bonchev–Trinajstić information content (AvgIpc) is 3.15. The standard InChI is InChI=1S/C23H24N2O3S/c26-21(24-18-11-5-8-16-7-1-2-9-17(16)18)15-28-23(27)14-6-13-22-25-19-10-3-4-12-20(19)29-22/h1-4,7,9-10,12,18H,5-6,8,11,13-15H2,(H,24,26)/t18-/m0/s1. The molecular formula is C23H24N2O3S. The van der Waals surface area contributed by atoms with Gasteiger partial charge >= 0.3 is 5.97 Å². The highest BCUT2D eigenvalue weighted by Gasteiger charge is 2.21. The molecule has 1 aromatic heterocycles. The lowest BCUT2D eigenvalue weighted by atomic mass is 9.88. The third kappa shape index (κ3) is 5.01. The van der Waals surface area contributed by atoms with Crippen molar-refractivity contribution in [2.45, 2.75) is 44.6 Å². The zero-order valence-corrected chi connectivity index (χ0v) is 17.0. The molecule has 0 spiro atoms. The van der Waals surface area contributed by atoms with Crippen LogP contribution in [0.3, 0.4) is 0 Å². The number of fused-ring (bicyclic) bond motifs is 2. The summed E-state index contributed by atoms with van der Waals surface area (Å²) in [7, 11) is 0. The lowest BCUT2D eigenvalue weighted by Crippen LogP contribution is -2.34. The predicted octanol–water partition coefficient (Wildman–Crippen LogP) is 4.36. The summed E-state index contributed by atoms with van der Waals surface area (Å²) < 4.78 is 6.32. The molecule has 0 saturated carbocycles. The number of para-hydroxylation sites is 1. The number of ether oxygens (including phenoxy) is 1. The first-order chi connectivity index (χ1) is 14.2. The van der Waals surface area contributed by atoms with E-state index in [1.54, 1.807) is 11.3 Å². The number of rotatable bonds is 7. The van der Waals surface area contributed by atoms with Gasteiger partial charge in [-0.3, -0.25) is 9.59 Å². The first kappa shape index (κ1) is 19.6. The number of hydrogen-bond donors (Lipinski definition) is 1. The fourth-order valence-corrected chi connectivity index (χ4v) is 4.78. The summed E-state index contributed by atoms with van der Waals surface area (Å²) in [6.45, 7) is -0.224. The third-order valence-electron chi connectivity index (χ3n) is 5.18. The third-order valence-corrected chi connectivity index (χ3v) is 6.27. The fraction of sp³-hybridized carbons (Fsp3) is 0.348. The van der Waals surface area contributed by atoms with Crippen molar-refractivity contribution in [3.63, 3.8) is 0 Å².